The molecular formula is C16H18O4. The first-order chi connectivity index (χ1) is 9.65. The topological polar surface area (TPSA) is 60.4 Å². The molecule has 0 radical (unpaired) electrons. The highest BCUT2D eigenvalue weighted by molar-refractivity contribution is 6.44. The number of ether oxygens (including phenoxy) is 1. The minimum absolute atomic E-state index is 0.381. The van der Waals surface area contributed by atoms with Crippen LogP contribution in [-0.2, 0) is 14.3 Å². The Morgan fingerprint density at radius 2 is 1.60 bits per heavy atom. The first kappa shape index (κ1) is 14.4. The average molecular weight is 274 g/mol. The van der Waals surface area contributed by atoms with Crippen molar-refractivity contribution in [2.75, 3.05) is 7.11 Å². The van der Waals surface area contributed by atoms with E-state index in [0.29, 0.717) is 18.4 Å². The molecule has 1 aromatic rings. The summed E-state index contributed by atoms with van der Waals surface area (Å²) in [4.78, 5) is 36.3. The van der Waals surface area contributed by atoms with Crippen molar-refractivity contribution in [2.45, 2.75) is 25.7 Å². The Morgan fingerprint density at radius 3 is 2.20 bits per heavy atom. The van der Waals surface area contributed by atoms with Gasteiger partial charge >= 0.3 is 5.97 Å². The van der Waals surface area contributed by atoms with E-state index in [2.05, 4.69) is 0 Å². The van der Waals surface area contributed by atoms with Gasteiger partial charge in [0.05, 0.1) is 13.0 Å². The Balaban J connectivity index is 2.18. The lowest BCUT2D eigenvalue weighted by Gasteiger charge is -2.27. The molecule has 20 heavy (non-hydrogen) atoms. The highest BCUT2D eigenvalue weighted by Crippen LogP contribution is 2.32. The normalized spacial score (nSPS) is 22.1. The molecule has 0 N–H and O–H groups in total. The Morgan fingerprint density at radius 1 is 1.00 bits per heavy atom. The van der Waals surface area contributed by atoms with Crippen LogP contribution in [0.15, 0.2) is 30.3 Å². The Kier molecular flexibility index (Phi) is 4.66. The number of carbonyl (C=O) groups excluding carboxylic acids is 3. The fraction of sp³-hybridized carbons (Fsp3) is 0.438. The van der Waals surface area contributed by atoms with Gasteiger partial charge in [-0.15, -0.1) is 0 Å². The molecular weight excluding hydrogens is 256 g/mol. The van der Waals surface area contributed by atoms with E-state index in [-0.39, 0.29) is 5.97 Å². The molecule has 2 atom stereocenters. The molecule has 0 saturated heterocycles. The van der Waals surface area contributed by atoms with Crippen LogP contribution in [0.4, 0.5) is 0 Å². The van der Waals surface area contributed by atoms with E-state index in [1.54, 1.807) is 30.3 Å². The maximum absolute atomic E-state index is 12.4. The van der Waals surface area contributed by atoms with E-state index in [1.165, 1.54) is 7.11 Å². The van der Waals surface area contributed by atoms with Crippen molar-refractivity contribution in [2.24, 2.45) is 11.8 Å². The number of benzene rings is 1. The van der Waals surface area contributed by atoms with Crippen LogP contribution in [0.2, 0.25) is 0 Å². The van der Waals surface area contributed by atoms with Gasteiger partial charge in [-0.3, -0.25) is 14.4 Å². The number of esters is 1. The van der Waals surface area contributed by atoms with Crippen molar-refractivity contribution in [3.8, 4) is 0 Å². The van der Waals surface area contributed by atoms with Crippen LogP contribution in [0, 0.1) is 11.8 Å². The summed E-state index contributed by atoms with van der Waals surface area (Å²) >= 11 is 0. The zero-order valence-electron chi connectivity index (χ0n) is 11.5. The zero-order valence-corrected chi connectivity index (χ0v) is 11.5. The average Bonchev–Trinajstić information content (AvgIpc) is 2.53. The highest BCUT2D eigenvalue weighted by Gasteiger charge is 2.39. The number of hydrogen-bond donors (Lipinski definition) is 0. The van der Waals surface area contributed by atoms with Crippen molar-refractivity contribution >= 4 is 17.5 Å². The summed E-state index contributed by atoms with van der Waals surface area (Å²) in [6.07, 6.45) is 2.96. The maximum Gasteiger partial charge on any atom is 0.309 e. The number of methoxy groups -OCH3 is 1. The molecule has 2 rings (SSSR count). The van der Waals surface area contributed by atoms with E-state index in [9.17, 15) is 14.4 Å². The van der Waals surface area contributed by atoms with E-state index >= 15 is 0 Å². The molecule has 0 aliphatic heterocycles. The molecule has 1 aliphatic rings. The van der Waals surface area contributed by atoms with Crippen molar-refractivity contribution in [3.63, 3.8) is 0 Å². The summed E-state index contributed by atoms with van der Waals surface area (Å²) in [6.45, 7) is 0. The SMILES string of the molecule is COC(=O)[C@@H]1CCCCC1C(=O)C(=O)c1ccccc1. The smallest absolute Gasteiger partial charge is 0.309 e. The summed E-state index contributed by atoms with van der Waals surface area (Å²) in [5.41, 5.74) is 0.381. The molecule has 1 fully saturated rings. The van der Waals surface area contributed by atoms with Crippen LogP contribution in [0.5, 0.6) is 0 Å². The summed E-state index contributed by atoms with van der Waals surface area (Å²) < 4.78 is 4.75. The number of carbonyl (C=O) groups is 3. The van der Waals surface area contributed by atoms with Crippen LogP contribution in [0.25, 0.3) is 0 Å². The van der Waals surface area contributed by atoms with Crippen molar-refractivity contribution in [1.29, 1.82) is 0 Å². The third kappa shape index (κ3) is 2.95. The van der Waals surface area contributed by atoms with Crippen molar-refractivity contribution in [3.05, 3.63) is 35.9 Å². The standard InChI is InChI=1S/C16H18O4/c1-20-16(19)13-10-6-5-9-12(13)15(18)14(17)11-7-3-2-4-8-11/h2-4,7-8,12-13H,5-6,9-10H2,1H3/t12?,13-/m1/s1. The highest BCUT2D eigenvalue weighted by atomic mass is 16.5. The van der Waals surface area contributed by atoms with Gasteiger partial charge in [0.15, 0.2) is 0 Å². The number of Topliss-reactive ketones (excluding diaryl/α,β-unsaturated/α-hetero) is 2. The van der Waals surface area contributed by atoms with Gasteiger partial charge in [-0.1, -0.05) is 43.2 Å². The molecule has 106 valence electrons. The van der Waals surface area contributed by atoms with Gasteiger partial charge < -0.3 is 4.74 Å². The Labute approximate surface area is 118 Å². The number of hydrogen-bond acceptors (Lipinski definition) is 4. The molecule has 4 heteroatoms. The van der Waals surface area contributed by atoms with Gasteiger partial charge in [-0.25, -0.2) is 0 Å². The summed E-state index contributed by atoms with van der Waals surface area (Å²) in [5, 5.41) is 0. The van der Waals surface area contributed by atoms with Crippen LogP contribution < -0.4 is 0 Å². The largest absolute Gasteiger partial charge is 0.469 e. The van der Waals surface area contributed by atoms with Crippen LogP contribution >= 0.6 is 0 Å². The third-order valence-corrected chi connectivity index (χ3v) is 3.87. The van der Waals surface area contributed by atoms with Crippen LogP contribution in [-0.4, -0.2) is 24.6 Å². The summed E-state index contributed by atoms with van der Waals surface area (Å²) in [6, 6.07) is 8.48. The van der Waals surface area contributed by atoms with Crippen LogP contribution in [0.3, 0.4) is 0 Å². The van der Waals surface area contributed by atoms with Gasteiger partial charge in [0.25, 0.3) is 0 Å². The second kappa shape index (κ2) is 6.46. The predicted molar refractivity (Wildman–Crippen MR) is 73.2 cm³/mol. The van der Waals surface area contributed by atoms with Gasteiger partial charge in [-0.2, -0.15) is 0 Å². The van der Waals surface area contributed by atoms with Gasteiger partial charge in [-0.05, 0) is 12.8 Å². The van der Waals surface area contributed by atoms with Crippen LogP contribution in [0.1, 0.15) is 36.0 Å². The summed E-state index contributed by atoms with van der Waals surface area (Å²) in [5.74, 6) is -2.38. The first-order valence-corrected chi connectivity index (χ1v) is 6.86. The number of ketones is 2. The molecule has 0 heterocycles. The second-order valence-corrected chi connectivity index (χ2v) is 5.08. The molecule has 1 aromatic carbocycles. The molecule has 1 saturated carbocycles. The number of rotatable bonds is 4. The van der Waals surface area contributed by atoms with Gasteiger partial charge in [0.2, 0.25) is 11.6 Å². The quantitative estimate of drug-likeness (QED) is 0.480. The molecule has 0 aromatic heterocycles. The minimum atomic E-state index is -0.538. The fourth-order valence-corrected chi connectivity index (χ4v) is 2.78. The maximum atomic E-state index is 12.4. The monoisotopic (exact) mass is 274 g/mol. The van der Waals surface area contributed by atoms with Crippen molar-refractivity contribution in [1.82, 2.24) is 0 Å². The molecule has 0 bridgehead atoms. The molecule has 0 spiro atoms. The molecule has 0 amide bonds. The minimum Gasteiger partial charge on any atom is -0.469 e. The molecule has 1 unspecified atom stereocenters. The van der Waals surface area contributed by atoms with E-state index in [1.807, 2.05) is 0 Å². The van der Waals surface area contributed by atoms with Gasteiger partial charge in [0, 0.05) is 11.5 Å². The lowest BCUT2D eigenvalue weighted by molar-refractivity contribution is -0.150. The Bertz CT molecular complexity index is 506. The third-order valence-electron chi connectivity index (χ3n) is 3.87. The molecule has 4 nitrogen and oxygen atoms in total. The summed E-state index contributed by atoms with van der Waals surface area (Å²) in [7, 11) is 1.32. The first-order valence-electron chi connectivity index (χ1n) is 6.86. The van der Waals surface area contributed by atoms with E-state index < -0.39 is 23.4 Å². The second-order valence-electron chi connectivity index (χ2n) is 5.08. The predicted octanol–water partition coefficient (Wildman–Crippen LogP) is 2.42. The van der Waals surface area contributed by atoms with E-state index in [4.69, 9.17) is 4.74 Å². The fourth-order valence-electron chi connectivity index (χ4n) is 2.78. The zero-order chi connectivity index (χ0) is 14.5. The lowest BCUT2D eigenvalue weighted by Crippen LogP contribution is -2.37. The van der Waals surface area contributed by atoms with E-state index in [0.717, 1.165) is 12.8 Å². The molecule has 1 aliphatic carbocycles. The van der Waals surface area contributed by atoms with Gasteiger partial charge in [0.1, 0.15) is 0 Å². The van der Waals surface area contributed by atoms with Crippen molar-refractivity contribution < 1.29 is 19.1 Å². The lowest BCUT2D eigenvalue weighted by atomic mass is 9.75. The Hall–Kier alpha value is -1.97.